The molecule has 1 aliphatic rings. The molecule has 0 spiro atoms. The first-order valence-corrected chi connectivity index (χ1v) is 6.56. The van der Waals surface area contributed by atoms with Crippen LogP contribution in [0.15, 0.2) is 0 Å². The van der Waals surface area contributed by atoms with Gasteiger partial charge < -0.3 is 19.5 Å². The van der Waals surface area contributed by atoms with Crippen LogP contribution in [0.2, 0.25) is 0 Å². The molecular weight excluding hydrogens is 218 g/mol. The van der Waals surface area contributed by atoms with Gasteiger partial charge in [0.1, 0.15) is 0 Å². The fourth-order valence-corrected chi connectivity index (χ4v) is 2.06. The van der Waals surface area contributed by atoms with Crippen LogP contribution in [-0.4, -0.2) is 53.2 Å². The highest BCUT2D eigenvalue weighted by atomic mass is 16.5. The van der Waals surface area contributed by atoms with Crippen LogP contribution in [0, 0.1) is 11.3 Å². The molecule has 1 saturated heterocycles. The molecule has 4 nitrogen and oxygen atoms in total. The number of methoxy groups -OCH3 is 1. The zero-order chi connectivity index (χ0) is 12.6. The monoisotopic (exact) mass is 245 g/mol. The number of hydrogen-bond acceptors (Lipinski definition) is 4. The van der Waals surface area contributed by atoms with Crippen molar-refractivity contribution in [2.45, 2.75) is 20.3 Å². The topological polar surface area (TPSA) is 39.7 Å². The van der Waals surface area contributed by atoms with Gasteiger partial charge in [0, 0.05) is 26.8 Å². The maximum Gasteiger partial charge on any atom is 0.0701 e. The summed E-state index contributed by atoms with van der Waals surface area (Å²) in [7, 11) is 1.68. The first-order valence-electron chi connectivity index (χ1n) is 6.56. The second kappa shape index (κ2) is 8.03. The van der Waals surface area contributed by atoms with Gasteiger partial charge in [-0.15, -0.1) is 0 Å². The van der Waals surface area contributed by atoms with Crippen molar-refractivity contribution in [2.75, 3.05) is 53.2 Å². The molecule has 1 N–H and O–H groups in total. The number of nitrogens with one attached hydrogen (secondary N) is 1. The molecule has 0 aromatic heterocycles. The molecule has 1 heterocycles. The Kier molecular flexibility index (Phi) is 7.04. The van der Waals surface area contributed by atoms with Crippen LogP contribution in [0.1, 0.15) is 20.3 Å². The van der Waals surface area contributed by atoms with Crippen molar-refractivity contribution in [3.8, 4) is 0 Å². The van der Waals surface area contributed by atoms with Gasteiger partial charge in [0.15, 0.2) is 0 Å². The SMILES string of the molecule is COCCOCCOCCC1(C(C)C)CNC1. The summed E-state index contributed by atoms with van der Waals surface area (Å²) in [6.45, 7) is 10.4. The predicted molar refractivity (Wildman–Crippen MR) is 68.3 cm³/mol. The lowest BCUT2D eigenvalue weighted by atomic mass is 9.70. The first-order chi connectivity index (χ1) is 8.21. The Morgan fingerprint density at radius 2 is 1.59 bits per heavy atom. The largest absolute Gasteiger partial charge is 0.382 e. The molecule has 1 fully saturated rings. The van der Waals surface area contributed by atoms with Crippen molar-refractivity contribution in [3.05, 3.63) is 0 Å². The van der Waals surface area contributed by atoms with E-state index in [2.05, 4.69) is 19.2 Å². The fraction of sp³-hybridized carbons (Fsp3) is 1.00. The minimum Gasteiger partial charge on any atom is -0.382 e. The molecule has 0 aliphatic carbocycles. The summed E-state index contributed by atoms with van der Waals surface area (Å²) in [4.78, 5) is 0. The minimum absolute atomic E-state index is 0.469. The molecule has 1 aliphatic heterocycles. The third kappa shape index (κ3) is 4.92. The van der Waals surface area contributed by atoms with E-state index in [-0.39, 0.29) is 0 Å². The maximum atomic E-state index is 5.60. The lowest BCUT2D eigenvalue weighted by Crippen LogP contribution is -2.56. The Bertz CT molecular complexity index is 193. The second-order valence-corrected chi connectivity index (χ2v) is 5.09. The molecule has 102 valence electrons. The molecule has 0 bridgehead atoms. The molecule has 0 amide bonds. The Balaban J connectivity index is 1.93. The van der Waals surface area contributed by atoms with E-state index in [4.69, 9.17) is 14.2 Å². The van der Waals surface area contributed by atoms with Gasteiger partial charge in [-0.1, -0.05) is 13.8 Å². The van der Waals surface area contributed by atoms with Crippen molar-refractivity contribution in [1.82, 2.24) is 5.32 Å². The van der Waals surface area contributed by atoms with E-state index in [0.717, 1.165) is 32.0 Å². The summed E-state index contributed by atoms with van der Waals surface area (Å²) in [5.41, 5.74) is 0.469. The van der Waals surface area contributed by atoms with Gasteiger partial charge in [0.05, 0.1) is 26.4 Å². The second-order valence-electron chi connectivity index (χ2n) is 5.09. The number of hydrogen-bond donors (Lipinski definition) is 1. The fourth-order valence-electron chi connectivity index (χ4n) is 2.06. The van der Waals surface area contributed by atoms with Crippen LogP contribution in [0.25, 0.3) is 0 Å². The van der Waals surface area contributed by atoms with Gasteiger partial charge in [0.25, 0.3) is 0 Å². The van der Waals surface area contributed by atoms with Crippen LogP contribution >= 0.6 is 0 Å². The van der Waals surface area contributed by atoms with Crippen molar-refractivity contribution in [2.24, 2.45) is 11.3 Å². The smallest absolute Gasteiger partial charge is 0.0701 e. The Hall–Kier alpha value is -0.160. The van der Waals surface area contributed by atoms with E-state index in [1.165, 1.54) is 0 Å². The average Bonchev–Trinajstić information content (AvgIpc) is 2.24. The summed E-state index contributed by atoms with van der Waals surface area (Å²) < 4.78 is 15.8. The van der Waals surface area contributed by atoms with E-state index < -0.39 is 0 Å². The Labute approximate surface area is 105 Å². The summed E-state index contributed by atoms with van der Waals surface area (Å²) in [5.74, 6) is 0.727. The van der Waals surface area contributed by atoms with Gasteiger partial charge in [-0.05, 0) is 17.8 Å². The lowest BCUT2D eigenvalue weighted by Gasteiger charge is -2.46. The lowest BCUT2D eigenvalue weighted by molar-refractivity contribution is 0.000338. The van der Waals surface area contributed by atoms with Crippen LogP contribution in [0.4, 0.5) is 0 Å². The summed E-state index contributed by atoms with van der Waals surface area (Å²) in [5, 5.41) is 3.36. The molecule has 0 saturated carbocycles. The molecular formula is C13H27NO3. The van der Waals surface area contributed by atoms with E-state index in [1.54, 1.807) is 7.11 Å². The molecule has 0 atom stereocenters. The molecule has 0 radical (unpaired) electrons. The van der Waals surface area contributed by atoms with Crippen LogP contribution < -0.4 is 5.32 Å². The summed E-state index contributed by atoms with van der Waals surface area (Å²) >= 11 is 0. The normalized spacial score (nSPS) is 18.4. The Morgan fingerprint density at radius 1 is 1.00 bits per heavy atom. The predicted octanol–water partition coefficient (Wildman–Crippen LogP) is 1.30. The van der Waals surface area contributed by atoms with Crippen molar-refractivity contribution in [1.29, 1.82) is 0 Å². The molecule has 17 heavy (non-hydrogen) atoms. The number of ether oxygens (including phenoxy) is 3. The highest BCUT2D eigenvalue weighted by Crippen LogP contribution is 2.35. The zero-order valence-corrected chi connectivity index (χ0v) is 11.5. The quantitative estimate of drug-likeness (QED) is 0.589. The first kappa shape index (κ1) is 14.9. The minimum atomic E-state index is 0.469. The van der Waals surface area contributed by atoms with Gasteiger partial charge in [-0.2, -0.15) is 0 Å². The molecule has 0 unspecified atom stereocenters. The molecule has 0 aromatic rings. The van der Waals surface area contributed by atoms with Gasteiger partial charge in [0.2, 0.25) is 0 Å². The highest BCUT2D eigenvalue weighted by molar-refractivity contribution is 4.94. The van der Waals surface area contributed by atoms with Crippen LogP contribution in [0.5, 0.6) is 0 Å². The number of rotatable bonds is 10. The zero-order valence-electron chi connectivity index (χ0n) is 11.5. The molecule has 1 rings (SSSR count). The standard InChI is InChI=1S/C13H27NO3/c1-12(2)13(10-14-11-13)4-5-16-8-9-17-7-6-15-3/h12,14H,4-11H2,1-3H3. The molecule has 4 heteroatoms. The summed E-state index contributed by atoms with van der Waals surface area (Å²) in [6.07, 6.45) is 1.15. The van der Waals surface area contributed by atoms with E-state index in [0.29, 0.717) is 31.8 Å². The van der Waals surface area contributed by atoms with Crippen LogP contribution in [-0.2, 0) is 14.2 Å². The Morgan fingerprint density at radius 3 is 2.06 bits per heavy atom. The van der Waals surface area contributed by atoms with Gasteiger partial charge in [-0.25, -0.2) is 0 Å². The van der Waals surface area contributed by atoms with Gasteiger partial charge >= 0.3 is 0 Å². The van der Waals surface area contributed by atoms with Crippen LogP contribution in [0.3, 0.4) is 0 Å². The third-order valence-corrected chi connectivity index (χ3v) is 3.73. The third-order valence-electron chi connectivity index (χ3n) is 3.73. The van der Waals surface area contributed by atoms with Crippen molar-refractivity contribution >= 4 is 0 Å². The molecule has 0 aromatic carbocycles. The van der Waals surface area contributed by atoms with Crippen molar-refractivity contribution in [3.63, 3.8) is 0 Å². The van der Waals surface area contributed by atoms with E-state index in [1.807, 2.05) is 0 Å². The highest BCUT2D eigenvalue weighted by Gasteiger charge is 2.39. The summed E-state index contributed by atoms with van der Waals surface area (Å²) in [6, 6.07) is 0. The van der Waals surface area contributed by atoms with Gasteiger partial charge in [-0.3, -0.25) is 0 Å². The van der Waals surface area contributed by atoms with E-state index in [9.17, 15) is 0 Å². The van der Waals surface area contributed by atoms with E-state index >= 15 is 0 Å². The van der Waals surface area contributed by atoms with Crippen molar-refractivity contribution < 1.29 is 14.2 Å². The average molecular weight is 245 g/mol. The maximum absolute atomic E-state index is 5.60.